The van der Waals surface area contributed by atoms with E-state index < -0.39 is 0 Å². The summed E-state index contributed by atoms with van der Waals surface area (Å²) in [5, 5.41) is 5.36. The van der Waals surface area contributed by atoms with E-state index in [-0.39, 0.29) is 17.1 Å². The van der Waals surface area contributed by atoms with Crippen molar-refractivity contribution in [3.63, 3.8) is 0 Å². The first-order valence-corrected chi connectivity index (χ1v) is 10.5. The summed E-state index contributed by atoms with van der Waals surface area (Å²) in [6.45, 7) is 5.01. The van der Waals surface area contributed by atoms with Crippen LogP contribution in [0.2, 0.25) is 5.15 Å². The Balaban J connectivity index is 1.70. The normalized spacial score (nSPS) is 17.4. The van der Waals surface area contributed by atoms with Gasteiger partial charge in [0, 0.05) is 22.1 Å². The van der Waals surface area contributed by atoms with Gasteiger partial charge in [-0.15, -0.1) is 11.3 Å². The summed E-state index contributed by atoms with van der Waals surface area (Å²) in [4.78, 5) is 20.3. The molecule has 0 aliphatic carbocycles. The number of hydrogen-bond donors (Lipinski definition) is 1. The standard InChI is InChI=1S/C18H21BrClN3OS/c1-12-4-6-23(7-5-12)15(16-3-2-8-25-16)11-22-18(24)14-9-13(19)10-21-17(14)20/h2-3,8-10,12,15H,4-7,11H2,1H3,(H,22,24). The second kappa shape index (κ2) is 8.62. The van der Waals surface area contributed by atoms with E-state index in [1.807, 2.05) is 0 Å². The van der Waals surface area contributed by atoms with Crippen LogP contribution in [-0.2, 0) is 0 Å². The highest BCUT2D eigenvalue weighted by molar-refractivity contribution is 9.10. The Morgan fingerprint density at radius 2 is 2.28 bits per heavy atom. The molecule has 4 nitrogen and oxygen atoms in total. The number of thiophene rings is 1. The highest BCUT2D eigenvalue weighted by atomic mass is 79.9. The summed E-state index contributed by atoms with van der Waals surface area (Å²) >= 11 is 11.1. The minimum atomic E-state index is -0.189. The van der Waals surface area contributed by atoms with Crippen molar-refractivity contribution in [2.75, 3.05) is 19.6 Å². The van der Waals surface area contributed by atoms with Gasteiger partial charge in [-0.2, -0.15) is 0 Å². The molecule has 134 valence electrons. The summed E-state index contributed by atoms with van der Waals surface area (Å²) in [5.41, 5.74) is 0.397. The van der Waals surface area contributed by atoms with Crippen LogP contribution in [0, 0.1) is 5.92 Å². The fourth-order valence-corrected chi connectivity index (χ4v) is 4.48. The van der Waals surface area contributed by atoms with Crippen LogP contribution in [-0.4, -0.2) is 35.4 Å². The van der Waals surface area contributed by atoms with E-state index in [0.29, 0.717) is 12.1 Å². The summed E-state index contributed by atoms with van der Waals surface area (Å²) in [6, 6.07) is 6.12. The van der Waals surface area contributed by atoms with Crippen molar-refractivity contribution in [3.05, 3.63) is 49.8 Å². The first-order chi connectivity index (χ1) is 12.0. The SMILES string of the molecule is CC1CCN(C(CNC(=O)c2cc(Br)cnc2Cl)c2cccs2)CC1. The molecule has 0 bridgehead atoms. The van der Waals surface area contributed by atoms with Gasteiger partial charge in [-0.3, -0.25) is 9.69 Å². The third-order valence-corrected chi connectivity index (χ3v) is 6.35. The Morgan fingerprint density at radius 1 is 1.52 bits per heavy atom. The number of carbonyl (C=O) groups is 1. The molecule has 7 heteroatoms. The van der Waals surface area contributed by atoms with Crippen molar-refractivity contribution in [1.82, 2.24) is 15.2 Å². The third-order valence-electron chi connectivity index (χ3n) is 4.64. The van der Waals surface area contributed by atoms with Crippen molar-refractivity contribution in [2.24, 2.45) is 5.92 Å². The lowest BCUT2D eigenvalue weighted by Crippen LogP contribution is -2.41. The Labute approximate surface area is 165 Å². The molecule has 0 saturated carbocycles. The number of nitrogens with one attached hydrogen (secondary N) is 1. The molecule has 1 N–H and O–H groups in total. The molecular weight excluding hydrogens is 422 g/mol. The topological polar surface area (TPSA) is 45.2 Å². The van der Waals surface area contributed by atoms with E-state index in [9.17, 15) is 4.79 Å². The van der Waals surface area contributed by atoms with E-state index in [2.05, 4.69) is 55.6 Å². The van der Waals surface area contributed by atoms with Crippen LogP contribution < -0.4 is 5.32 Å². The lowest BCUT2D eigenvalue weighted by atomic mass is 9.97. The Bertz CT molecular complexity index is 717. The van der Waals surface area contributed by atoms with Gasteiger partial charge in [-0.25, -0.2) is 4.98 Å². The van der Waals surface area contributed by atoms with Gasteiger partial charge in [-0.1, -0.05) is 24.6 Å². The fourth-order valence-electron chi connectivity index (χ4n) is 3.10. The molecule has 1 saturated heterocycles. The second-order valence-electron chi connectivity index (χ2n) is 6.45. The van der Waals surface area contributed by atoms with Gasteiger partial charge < -0.3 is 5.32 Å². The second-order valence-corrected chi connectivity index (χ2v) is 8.70. The minimum absolute atomic E-state index is 0.189. The zero-order chi connectivity index (χ0) is 17.8. The van der Waals surface area contributed by atoms with Crippen LogP contribution in [0.1, 0.15) is 41.0 Å². The molecule has 25 heavy (non-hydrogen) atoms. The van der Waals surface area contributed by atoms with Gasteiger partial charge in [0.15, 0.2) is 0 Å². The molecule has 2 aromatic heterocycles. The molecule has 1 aliphatic heterocycles. The van der Waals surface area contributed by atoms with Crippen molar-refractivity contribution < 1.29 is 4.79 Å². The highest BCUT2D eigenvalue weighted by Crippen LogP contribution is 2.29. The van der Waals surface area contributed by atoms with E-state index in [1.54, 1.807) is 23.6 Å². The predicted octanol–water partition coefficient (Wildman–Crippen LogP) is 4.76. The number of amides is 1. The van der Waals surface area contributed by atoms with Gasteiger partial charge in [0.25, 0.3) is 5.91 Å². The van der Waals surface area contributed by atoms with Crippen LogP contribution in [0.15, 0.2) is 34.2 Å². The smallest absolute Gasteiger partial charge is 0.254 e. The lowest BCUT2D eigenvalue weighted by Gasteiger charge is -2.36. The molecule has 1 fully saturated rings. The van der Waals surface area contributed by atoms with Gasteiger partial charge in [0.1, 0.15) is 5.15 Å². The van der Waals surface area contributed by atoms with E-state index >= 15 is 0 Å². The zero-order valence-electron chi connectivity index (χ0n) is 14.0. The molecule has 3 rings (SSSR count). The number of hydrogen-bond acceptors (Lipinski definition) is 4. The molecule has 1 unspecified atom stereocenters. The molecule has 0 spiro atoms. The molecule has 0 radical (unpaired) electrons. The lowest BCUT2D eigenvalue weighted by molar-refractivity contribution is 0.0914. The highest BCUT2D eigenvalue weighted by Gasteiger charge is 2.26. The first kappa shape index (κ1) is 18.8. The number of rotatable bonds is 5. The van der Waals surface area contributed by atoms with Crippen molar-refractivity contribution >= 4 is 44.8 Å². The monoisotopic (exact) mass is 441 g/mol. The maximum atomic E-state index is 12.6. The van der Waals surface area contributed by atoms with Gasteiger partial charge in [0.05, 0.1) is 11.6 Å². The van der Waals surface area contributed by atoms with Crippen molar-refractivity contribution in [1.29, 1.82) is 0 Å². The van der Waals surface area contributed by atoms with Crippen LogP contribution in [0.25, 0.3) is 0 Å². The molecule has 3 heterocycles. The molecule has 1 atom stereocenters. The number of carbonyl (C=O) groups excluding carboxylic acids is 1. The number of likely N-dealkylation sites (tertiary alicyclic amines) is 1. The summed E-state index contributed by atoms with van der Waals surface area (Å²) < 4.78 is 0.738. The summed E-state index contributed by atoms with van der Waals surface area (Å²) in [6.07, 6.45) is 4.00. The summed E-state index contributed by atoms with van der Waals surface area (Å²) in [5.74, 6) is 0.590. The largest absolute Gasteiger partial charge is 0.350 e. The van der Waals surface area contributed by atoms with Crippen LogP contribution in [0.5, 0.6) is 0 Å². The average Bonchev–Trinajstić information content (AvgIpc) is 3.13. The van der Waals surface area contributed by atoms with Crippen LogP contribution in [0.3, 0.4) is 0 Å². The van der Waals surface area contributed by atoms with E-state index in [0.717, 1.165) is 23.5 Å². The number of halogens is 2. The third kappa shape index (κ3) is 4.82. The van der Waals surface area contributed by atoms with Gasteiger partial charge in [0.2, 0.25) is 0 Å². The fraction of sp³-hybridized carbons (Fsp3) is 0.444. The number of pyridine rings is 1. The quantitative estimate of drug-likeness (QED) is 0.679. The number of piperidine rings is 1. The zero-order valence-corrected chi connectivity index (χ0v) is 17.2. The Morgan fingerprint density at radius 3 is 2.96 bits per heavy atom. The van der Waals surface area contributed by atoms with Gasteiger partial charge in [-0.05, 0) is 65.3 Å². The van der Waals surface area contributed by atoms with Gasteiger partial charge >= 0.3 is 0 Å². The Kier molecular flexibility index (Phi) is 6.49. The maximum absolute atomic E-state index is 12.6. The molecule has 2 aromatic rings. The van der Waals surface area contributed by atoms with Crippen molar-refractivity contribution in [3.8, 4) is 0 Å². The maximum Gasteiger partial charge on any atom is 0.254 e. The molecule has 0 aromatic carbocycles. The first-order valence-electron chi connectivity index (χ1n) is 8.41. The molecular formula is C18H21BrClN3OS. The van der Waals surface area contributed by atoms with E-state index in [4.69, 9.17) is 11.6 Å². The van der Waals surface area contributed by atoms with Crippen LogP contribution in [0.4, 0.5) is 0 Å². The number of aromatic nitrogens is 1. The number of nitrogens with zero attached hydrogens (tertiary/aromatic N) is 2. The molecule has 1 amide bonds. The minimum Gasteiger partial charge on any atom is -0.350 e. The predicted molar refractivity (Wildman–Crippen MR) is 106 cm³/mol. The van der Waals surface area contributed by atoms with Crippen molar-refractivity contribution in [2.45, 2.75) is 25.8 Å². The average molecular weight is 443 g/mol. The Hall–Kier alpha value is -0.950. The molecule has 1 aliphatic rings. The summed E-state index contributed by atoms with van der Waals surface area (Å²) in [7, 11) is 0. The van der Waals surface area contributed by atoms with E-state index in [1.165, 1.54) is 17.7 Å². The van der Waals surface area contributed by atoms with Crippen LogP contribution >= 0.6 is 38.9 Å².